The van der Waals surface area contributed by atoms with E-state index in [0.29, 0.717) is 17.4 Å². The van der Waals surface area contributed by atoms with Crippen LogP contribution in [0.25, 0.3) is 0 Å². The van der Waals surface area contributed by atoms with Crippen molar-refractivity contribution in [3.63, 3.8) is 0 Å². The summed E-state index contributed by atoms with van der Waals surface area (Å²) >= 11 is 0. The highest BCUT2D eigenvalue weighted by Crippen LogP contribution is 2.38. The molecule has 0 aliphatic carbocycles. The van der Waals surface area contributed by atoms with Crippen molar-refractivity contribution in [2.24, 2.45) is 0 Å². The zero-order chi connectivity index (χ0) is 59.1. The molecule has 0 rings (SSSR count). The Morgan fingerprint density at radius 2 is 0.704 bits per heavy atom. The first-order chi connectivity index (χ1) is 39.5. The van der Waals surface area contributed by atoms with Crippen LogP contribution in [0.3, 0.4) is 0 Å². The third-order valence-corrected chi connectivity index (χ3v) is 16.3. The van der Waals surface area contributed by atoms with Crippen molar-refractivity contribution < 1.29 is 42.1 Å². The molecule has 0 N–H and O–H groups in total. The van der Waals surface area contributed by atoms with Crippen LogP contribution in [-0.4, -0.2) is 70.0 Å². The standard InChI is InChI=1S/C71H132NO8P/c1-6-8-10-12-14-16-18-20-22-24-26-27-28-29-30-31-32-33-34-35-36-37-38-39-40-41-42-43-44-46-47-49-51-53-55-57-59-61-63-70(73)77-67-69(68-79-81(75,76)78-66-65-72(3,4)5)80-71(74)64-62-60-58-56-54-52-50-48-45-25-23-21-19-17-15-13-11-9-7-2/h9,11,15,17,21,23,45,48,52,54,69H,6-8,10,12-14,16,18-20,22,24-44,46-47,49-51,53,55-68H2,1-5H3/b11-9-,17-15-,23-21-,48-45-,54-52-. The van der Waals surface area contributed by atoms with E-state index in [1.807, 2.05) is 21.1 Å². The normalized spacial score (nSPS) is 13.5. The molecule has 0 radical (unpaired) electrons. The predicted octanol–water partition coefficient (Wildman–Crippen LogP) is 21.6. The largest absolute Gasteiger partial charge is 0.756 e. The number of phosphoric ester groups is 1. The Kier molecular flexibility index (Phi) is 60.5. The predicted molar refractivity (Wildman–Crippen MR) is 347 cm³/mol. The minimum Gasteiger partial charge on any atom is -0.756 e. The van der Waals surface area contributed by atoms with Crippen molar-refractivity contribution in [3.8, 4) is 0 Å². The molecule has 0 saturated carbocycles. The number of rotatable bonds is 64. The molecule has 0 amide bonds. The fraction of sp³-hybridized carbons (Fsp3) is 0.831. The molecule has 474 valence electrons. The van der Waals surface area contributed by atoms with Gasteiger partial charge in [0.2, 0.25) is 0 Å². The van der Waals surface area contributed by atoms with Crippen molar-refractivity contribution in [3.05, 3.63) is 60.8 Å². The van der Waals surface area contributed by atoms with Crippen LogP contribution in [0, 0.1) is 0 Å². The molecule has 0 aromatic heterocycles. The van der Waals surface area contributed by atoms with E-state index in [2.05, 4.69) is 74.6 Å². The molecule has 2 unspecified atom stereocenters. The van der Waals surface area contributed by atoms with Crippen molar-refractivity contribution >= 4 is 19.8 Å². The highest BCUT2D eigenvalue weighted by molar-refractivity contribution is 7.45. The summed E-state index contributed by atoms with van der Waals surface area (Å²) in [6, 6.07) is 0. The van der Waals surface area contributed by atoms with Gasteiger partial charge in [0.15, 0.2) is 6.10 Å². The van der Waals surface area contributed by atoms with E-state index in [4.69, 9.17) is 18.5 Å². The third-order valence-electron chi connectivity index (χ3n) is 15.3. The van der Waals surface area contributed by atoms with Gasteiger partial charge in [-0.25, -0.2) is 0 Å². The lowest BCUT2D eigenvalue weighted by Gasteiger charge is -2.28. The molecule has 0 aromatic carbocycles. The Bertz CT molecular complexity index is 1550. The van der Waals surface area contributed by atoms with E-state index in [-0.39, 0.29) is 32.0 Å². The molecule has 0 fully saturated rings. The van der Waals surface area contributed by atoms with Gasteiger partial charge in [-0.3, -0.25) is 14.2 Å². The highest BCUT2D eigenvalue weighted by Gasteiger charge is 2.22. The molecule has 81 heavy (non-hydrogen) atoms. The van der Waals surface area contributed by atoms with Crippen molar-refractivity contribution in [2.45, 2.75) is 335 Å². The fourth-order valence-corrected chi connectivity index (χ4v) is 10.8. The van der Waals surface area contributed by atoms with Gasteiger partial charge in [0.1, 0.15) is 19.8 Å². The van der Waals surface area contributed by atoms with Crippen molar-refractivity contribution in [1.82, 2.24) is 0 Å². The van der Waals surface area contributed by atoms with Crippen LogP contribution >= 0.6 is 7.82 Å². The molecule has 0 aliphatic heterocycles. The second kappa shape index (κ2) is 62.2. The maximum absolute atomic E-state index is 12.8. The summed E-state index contributed by atoms with van der Waals surface area (Å²) in [6.45, 7) is 4.13. The van der Waals surface area contributed by atoms with E-state index in [0.717, 1.165) is 70.6 Å². The molecule has 0 heterocycles. The number of hydrogen-bond donors (Lipinski definition) is 0. The lowest BCUT2D eigenvalue weighted by molar-refractivity contribution is -0.870. The number of unbranched alkanes of at least 4 members (excludes halogenated alkanes) is 40. The summed E-state index contributed by atoms with van der Waals surface area (Å²) in [5.74, 6) is -0.861. The number of phosphoric acid groups is 1. The van der Waals surface area contributed by atoms with Crippen molar-refractivity contribution in [2.75, 3.05) is 47.5 Å². The molecule has 2 atom stereocenters. The Balaban J connectivity index is 3.93. The first-order valence-corrected chi connectivity index (χ1v) is 36.0. The molecular formula is C71H132NO8P. The average Bonchev–Trinajstić information content (AvgIpc) is 3.44. The number of nitrogens with zero attached hydrogens (tertiary/aromatic N) is 1. The van der Waals surface area contributed by atoms with Crippen LogP contribution in [0.15, 0.2) is 60.8 Å². The zero-order valence-corrected chi connectivity index (χ0v) is 54.9. The van der Waals surface area contributed by atoms with Crippen LogP contribution in [0.1, 0.15) is 328 Å². The molecule has 0 bridgehead atoms. The number of ether oxygens (including phenoxy) is 2. The van der Waals surface area contributed by atoms with Gasteiger partial charge in [-0.05, 0) is 57.8 Å². The average molecular weight is 1160 g/mol. The summed E-state index contributed by atoms with van der Waals surface area (Å²) in [7, 11) is 1.15. The maximum atomic E-state index is 12.8. The second-order valence-electron chi connectivity index (χ2n) is 24.5. The number of esters is 2. The number of allylic oxidation sites excluding steroid dienone is 10. The third kappa shape index (κ3) is 66.7. The van der Waals surface area contributed by atoms with Gasteiger partial charge in [0.25, 0.3) is 7.82 Å². The smallest absolute Gasteiger partial charge is 0.306 e. The summed E-state index contributed by atoms with van der Waals surface area (Å²) in [5.41, 5.74) is 0. The number of carbonyl (C=O) groups is 2. The second-order valence-corrected chi connectivity index (χ2v) is 25.9. The Labute approximate surface area is 502 Å². The van der Waals surface area contributed by atoms with Gasteiger partial charge >= 0.3 is 11.9 Å². The number of quaternary nitrogens is 1. The van der Waals surface area contributed by atoms with E-state index in [1.165, 1.54) is 225 Å². The fourth-order valence-electron chi connectivity index (χ4n) is 10.0. The van der Waals surface area contributed by atoms with E-state index in [1.54, 1.807) is 0 Å². The lowest BCUT2D eigenvalue weighted by atomic mass is 10.0. The van der Waals surface area contributed by atoms with Crippen LogP contribution in [-0.2, 0) is 32.7 Å². The molecule has 0 saturated heterocycles. The monoisotopic (exact) mass is 1160 g/mol. The number of hydrogen-bond acceptors (Lipinski definition) is 8. The lowest BCUT2D eigenvalue weighted by Crippen LogP contribution is -2.37. The zero-order valence-electron chi connectivity index (χ0n) is 54.0. The quantitative estimate of drug-likeness (QED) is 0.0195. The molecule has 9 nitrogen and oxygen atoms in total. The minimum atomic E-state index is -4.65. The summed E-state index contributed by atoms with van der Waals surface area (Å²) in [4.78, 5) is 37.9. The Morgan fingerprint density at radius 1 is 0.395 bits per heavy atom. The van der Waals surface area contributed by atoms with E-state index in [9.17, 15) is 19.0 Å². The molecule has 0 aromatic rings. The topological polar surface area (TPSA) is 111 Å². The summed E-state index contributed by atoms with van der Waals surface area (Å²) in [5, 5.41) is 0. The van der Waals surface area contributed by atoms with Crippen LogP contribution in [0.5, 0.6) is 0 Å². The van der Waals surface area contributed by atoms with Crippen LogP contribution in [0.4, 0.5) is 0 Å². The summed E-state index contributed by atoms with van der Waals surface area (Å²) < 4.78 is 34.2. The molecule has 0 spiro atoms. The summed E-state index contributed by atoms with van der Waals surface area (Å²) in [6.07, 6.45) is 81.9. The van der Waals surface area contributed by atoms with Crippen LogP contribution < -0.4 is 4.89 Å². The van der Waals surface area contributed by atoms with Crippen LogP contribution in [0.2, 0.25) is 0 Å². The van der Waals surface area contributed by atoms with Gasteiger partial charge in [0, 0.05) is 12.8 Å². The van der Waals surface area contributed by atoms with E-state index >= 15 is 0 Å². The first kappa shape index (κ1) is 78.7. The maximum Gasteiger partial charge on any atom is 0.306 e. The minimum absolute atomic E-state index is 0.0386. The van der Waals surface area contributed by atoms with Gasteiger partial charge in [-0.1, -0.05) is 319 Å². The Hall–Kier alpha value is -2.29. The molecular weight excluding hydrogens is 1030 g/mol. The first-order valence-electron chi connectivity index (χ1n) is 34.5. The SMILES string of the molecule is CC/C=C\C/C=C\C/C=C\C/C=C\C/C=C\CCCCCC(=O)OC(COC(=O)CCCCCCCCCCCCCCCCCCCCCCCCCCCCCCCCCCCCCCCC)COP(=O)([O-])OCC[N+](C)(C)C. The van der Waals surface area contributed by atoms with Gasteiger partial charge in [-0.2, -0.15) is 0 Å². The highest BCUT2D eigenvalue weighted by atomic mass is 31.2. The van der Waals surface area contributed by atoms with Gasteiger partial charge in [-0.15, -0.1) is 0 Å². The molecule has 0 aliphatic rings. The van der Waals surface area contributed by atoms with E-state index < -0.39 is 26.5 Å². The van der Waals surface area contributed by atoms with Crippen molar-refractivity contribution in [1.29, 1.82) is 0 Å². The number of carbonyl (C=O) groups excluding carboxylic acids is 2. The molecule has 10 heteroatoms. The van der Waals surface area contributed by atoms with Gasteiger partial charge < -0.3 is 27.9 Å². The Morgan fingerprint density at radius 3 is 1.05 bits per heavy atom. The van der Waals surface area contributed by atoms with Gasteiger partial charge in [0.05, 0.1) is 27.7 Å². The number of likely N-dealkylation sites (N-methyl/N-ethyl adjacent to an activating group) is 1.